The number of nitrogens with two attached hydrogens (primary N) is 1. The first-order valence-corrected chi connectivity index (χ1v) is 12.8. The Kier molecular flexibility index (Phi) is 7.48. The van der Waals surface area contributed by atoms with Gasteiger partial charge >= 0.3 is 6.03 Å². The largest absolute Gasteiger partial charge is 0.382 e. The van der Waals surface area contributed by atoms with E-state index >= 15 is 0 Å². The van der Waals surface area contributed by atoms with E-state index in [-0.39, 0.29) is 30.0 Å². The van der Waals surface area contributed by atoms with Crippen molar-refractivity contribution in [3.05, 3.63) is 42.5 Å². The van der Waals surface area contributed by atoms with Crippen LogP contribution in [-0.2, 0) is 15.9 Å². The first kappa shape index (κ1) is 25.2. The number of carbonyl (C=O) groups is 1. The summed E-state index contributed by atoms with van der Waals surface area (Å²) < 4.78 is 7.45. The molecular formula is C24H33N7O3S. The average molecular weight is 500 g/mol. The molecule has 2 atom stereocenters. The highest BCUT2D eigenvalue weighted by Gasteiger charge is 2.41. The molecule has 0 saturated carbocycles. The molecule has 1 aromatic carbocycles. The zero-order valence-corrected chi connectivity index (χ0v) is 21.1. The Balaban J connectivity index is 1.14. The molecule has 0 aliphatic carbocycles. The summed E-state index contributed by atoms with van der Waals surface area (Å²) in [4.78, 5) is 24.5. The highest BCUT2D eigenvalue weighted by molar-refractivity contribution is 7.99. The molecule has 1 saturated heterocycles. The lowest BCUT2D eigenvalue weighted by Crippen LogP contribution is -2.34. The molecule has 4 rings (SSSR count). The summed E-state index contributed by atoms with van der Waals surface area (Å²) in [6.07, 6.45) is 4.07. The van der Waals surface area contributed by atoms with Gasteiger partial charge in [0, 0.05) is 24.4 Å². The maximum Gasteiger partial charge on any atom is 0.319 e. The first-order chi connectivity index (χ1) is 16.7. The monoisotopic (exact) mass is 499 g/mol. The number of carbonyl (C=O) groups excluding carboxylic acids is 1. The number of rotatable bonds is 8. The minimum atomic E-state index is -1.22. The van der Waals surface area contributed by atoms with E-state index in [1.807, 2.05) is 24.3 Å². The fourth-order valence-electron chi connectivity index (χ4n) is 3.99. The normalized spacial score (nSPS) is 20.3. The van der Waals surface area contributed by atoms with Crippen molar-refractivity contribution in [1.82, 2.24) is 24.8 Å². The maximum atomic E-state index is 12.1. The van der Waals surface area contributed by atoms with Crippen molar-refractivity contribution < 1.29 is 14.6 Å². The SMILES string of the molecule is CC(C)(C)c1ccc(NC(=O)NCCCSCC2CC(O)(n3cnc4c(N)ncnc43)CO2)cc1. The van der Waals surface area contributed by atoms with Gasteiger partial charge in [-0.15, -0.1) is 0 Å². The molecular weight excluding hydrogens is 466 g/mol. The van der Waals surface area contributed by atoms with Crippen LogP contribution < -0.4 is 16.4 Å². The summed E-state index contributed by atoms with van der Waals surface area (Å²) in [7, 11) is 0. The van der Waals surface area contributed by atoms with Gasteiger partial charge < -0.3 is 26.2 Å². The second-order valence-electron chi connectivity index (χ2n) is 9.80. The van der Waals surface area contributed by atoms with E-state index in [0.717, 1.165) is 23.6 Å². The summed E-state index contributed by atoms with van der Waals surface area (Å²) in [5.74, 6) is 1.90. The molecule has 11 heteroatoms. The molecule has 2 unspecified atom stereocenters. The van der Waals surface area contributed by atoms with Crippen molar-refractivity contribution >= 4 is 40.5 Å². The number of imidazole rings is 1. The second kappa shape index (κ2) is 10.4. The zero-order chi connectivity index (χ0) is 25.1. The topological polar surface area (TPSA) is 140 Å². The number of aromatic nitrogens is 4. The summed E-state index contributed by atoms with van der Waals surface area (Å²) >= 11 is 1.74. The van der Waals surface area contributed by atoms with Crippen molar-refractivity contribution in [2.45, 2.75) is 50.9 Å². The molecule has 2 aromatic heterocycles. The summed E-state index contributed by atoms with van der Waals surface area (Å²) in [5, 5.41) is 16.9. The van der Waals surface area contributed by atoms with Crippen LogP contribution in [0.2, 0.25) is 0 Å². The Morgan fingerprint density at radius 1 is 1.29 bits per heavy atom. The fourth-order valence-corrected chi connectivity index (χ4v) is 4.98. The van der Waals surface area contributed by atoms with Crippen LogP contribution in [0.5, 0.6) is 0 Å². The van der Waals surface area contributed by atoms with E-state index in [2.05, 4.69) is 46.4 Å². The van der Waals surface area contributed by atoms with E-state index in [4.69, 9.17) is 10.5 Å². The maximum absolute atomic E-state index is 12.1. The molecule has 1 fully saturated rings. The number of nitrogens with zero attached hydrogens (tertiary/aromatic N) is 4. The van der Waals surface area contributed by atoms with Gasteiger partial charge in [0.2, 0.25) is 0 Å². The molecule has 10 nitrogen and oxygen atoms in total. The van der Waals surface area contributed by atoms with E-state index in [9.17, 15) is 9.90 Å². The van der Waals surface area contributed by atoms with Crippen LogP contribution in [0, 0.1) is 0 Å². The number of urea groups is 1. The van der Waals surface area contributed by atoms with Gasteiger partial charge in [-0.05, 0) is 35.3 Å². The van der Waals surface area contributed by atoms with Gasteiger partial charge in [-0.25, -0.2) is 19.7 Å². The molecule has 0 spiro atoms. The van der Waals surface area contributed by atoms with Gasteiger partial charge in [-0.1, -0.05) is 32.9 Å². The Hall–Kier alpha value is -2.89. The zero-order valence-electron chi connectivity index (χ0n) is 20.3. The van der Waals surface area contributed by atoms with Crippen LogP contribution in [-0.4, -0.2) is 61.4 Å². The van der Waals surface area contributed by atoms with Crippen molar-refractivity contribution in [3.8, 4) is 0 Å². The molecule has 3 aromatic rings. The number of fused-ring (bicyclic) bond motifs is 1. The van der Waals surface area contributed by atoms with E-state index in [0.29, 0.717) is 24.1 Å². The molecule has 2 amide bonds. The number of amides is 2. The standard InChI is InChI=1S/C24H33N7O3S/c1-23(2,3)16-5-7-17(8-6-16)30-22(32)26-9-4-10-35-12-18-11-24(33,13-34-18)31-15-29-19-20(25)27-14-28-21(19)31/h5-8,14-15,18,33H,4,9-13H2,1-3H3,(H2,25,27,28)(H2,26,30,32). The molecule has 188 valence electrons. The van der Waals surface area contributed by atoms with Crippen LogP contribution in [0.4, 0.5) is 16.3 Å². The summed E-state index contributed by atoms with van der Waals surface area (Å²) in [6.45, 7) is 7.22. The van der Waals surface area contributed by atoms with Crippen molar-refractivity contribution in [1.29, 1.82) is 0 Å². The molecule has 5 N–H and O–H groups in total. The lowest BCUT2D eigenvalue weighted by Gasteiger charge is -2.22. The number of ether oxygens (including phenoxy) is 1. The highest BCUT2D eigenvalue weighted by atomic mass is 32.2. The van der Waals surface area contributed by atoms with Crippen LogP contribution in [0.3, 0.4) is 0 Å². The second-order valence-corrected chi connectivity index (χ2v) is 11.0. The molecule has 1 aliphatic heterocycles. The number of thioether (sulfide) groups is 1. The van der Waals surface area contributed by atoms with E-state index in [1.165, 1.54) is 18.2 Å². The van der Waals surface area contributed by atoms with Gasteiger partial charge in [-0.2, -0.15) is 11.8 Å². The van der Waals surface area contributed by atoms with Gasteiger partial charge in [0.1, 0.15) is 11.8 Å². The number of nitrogen functional groups attached to an aromatic ring is 1. The number of anilines is 2. The third kappa shape index (κ3) is 6.03. The van der Waals surface area contributed by atoms with Crippen molar-refractivity contribution in [2.24, 2.45) is 0 Å². The third-order valence-corrected chi connectivity index (χ3v) is 7.16. The Morgan fingerprint density at radius 3 is 2.80 bits per heavy atom. The van der Waals surface area contributed by atoms with Gasteiger partial charge in [0.25, 0.3) is 0 Å². The van der Waals surface area contributed by atoms with Crippen LogP contribution in [0.1, 0.15) is 39.2 Å². The van der Waals surface area contributed by atoms with Crippen LogP contribution >= 0.6 is 11.8 Å². The molecule has 0 bridgehead atoms. The quantitative estimate of drug-likeness (QED) is 0.347. The van der Waals surface area contributed by atoms with Crippen LogP contribution in [0.15, 0.2) is 36.9 Å². The Labute approximate surface area is 209 Å². The van der Waals surface area contributed by atoms with Crippen LogP contribution in [0.25, 0.3) is 11.2 Å². The Morgan fingerprint density at radius 2 is 2.06 bits per heavy atom. The number of hydrogen-bond donors (Lipinski definition) is 4. The lowest BCUT2D eigenvalue weighted by atomic mass is 9.87. The van der Waals surface area contributed by atoms with Gasteiger partial charge in [0.15, 0.2) is 17.2 Å². The lowest BCUT2D eigenvalue weighted by molar-refractivity contribution is -0.0405. The predicted molar refractivity (Wildman–Crippen MR) is 138 cm³/mol. The third-order valence-electron chi connectivity index (χ3n) is 5.98. The smallest absolute Gasteiger partial charge is 0.319 e. The van der Waals surface area contributed by atoms with E-state index < -0.39 is 5.72 Å². The predicted octanol–water partition coefficient (Wildman–Crippen LogP) is 3.09. The fraction of sp³-hybridized carbons (Fsp3) is 0.500. The van der Waals surface area contributed by atoms with Crippen molar-refractivity contribution in [2.75, 3.05) is 35.7 Å². The van der Waals surface area contributed by atoms with Gasteiger partial charge in [0.05, 0.1) is 19.0 Å². The Bertz CT molecular complexity index is 1160. The summed E-state index contributed by atoms with van der Waals surface area (Å²) in [5.41, 5.74) is 7.67. The molecule has 35 heavy (non-hydrogen) atoms. The number of hydrogen-bond acceptors (Lipinski definition) is 8. The van der Waals surface area contributed by atoms with E-state index in [1.54, 1.807) is 16.3 Å². The number of nitrogens with one attached hydrogen (secondary N) is 2. The molecule has 3 heterocycles. The number of aliphatic hydroxyl groups is 1. The molecule has 1 aliphatic rings. The van der Waals surface area contributed by atoms with Crippen molar-refractivity contribution in [3.63, 3.8) is 0 Å². The summed E-state index contributed by atoms with van der Waals surface area (Å²) in [6, 6.07) is 7.72. The minimum Gasteiger partial charge on any atom is -0.382 e. The minimum absolute atomic E-state index is 0.0814. The first-order valence-electron chi connectivity index (χ1n) is 11.7. The highest BCUT2D eigenvalue weighted by Crippen LogP contribution is 2.33. The average Bonchev–Trinajstić information content (AvgIpc) is 3.41. The van der Waals surface area contributed by atoms with Gasteiger partial charge in [-0.3, -0.25) is 4.57 Å². The number of benzene rings is 1. The molecule has 0 radical (unpaired) electrons.